The third kappa shape index (κ3) is 3.86. The van der Waals surface area contributed by atoms with E-state index < -0.39 is 0 Å². The largest absolute Gasteiger partial charge is 0.251 e. The molecule has 0 N–H and O–H groups in total. The van der Waals surface area contributed by atoms with Crippen LogP contribution >= 0.6 is 0 Å². The normalized spacial score (nSPS) is 16.8. The van der Waals surface area contributed by atoms with Crippen LogP contribution in [0.3, 0.4) is 0 Å². The second kappa shape index (κ2) is 5.70. The first-order chi connectivity index (χ1) is 4.74. The average molecular weight is 146 g/mol. The maximum absolute atomic E-state index is 12.2. The standard InChI is InChI=1S/C9H19F/c1-4-8(3)6-9(5-2)7-10/h8-9H,4-7H2,1-3H3. The van der Waals surface area contributed by atoms with Crippen LogP contribution in [0.2, 0.25) is 0 Å². The Morgan fingerprint density at radius 1 is 1.20 bits per heavy atom. The zero-order valence-electron chi connectivity index (χ0n) is 7.36. The molecule has 0 rings (SSSR count). The van der Waals surface area contributed by atoms with Gasteiger partial charge in [-0.15, -0.1) is 0 Å². The van der Waals surface area contributed by atoms with E-state index in [1.54, 1.807) is 0 Å². The highest BCUT2D eigenvalue weighted by Gasteiger charge is 2.08. The molecule has 0 spiro atoms. The molecule has 0 amide bonds. The summed E-state index contributed by atoms with van der Waals surface area (Å²) in [7, 11) is 0. The van der Waals surface area contributed by atoms with Gasteiger partial charge in [0.05, 0.1) is 6.67 Å². The van der Waals surface area contributed by atoms with Crippen LogP contribution in [0.1, 0.15) is 40.0 Å². The molecule has 0 aromatic heterocycles. The molecule has 10 heavy (non-hydrogen) atoms. The summed E-state index contributed by atoms with van der Waals surface area (Å²) in [5.74, 6) is 1.01. The van der Waals surface area contributed by atoms with E-state index in [1.165, 1.54) is 6.42 Å². The zero-order valence-corrected chi connectivity index (χ0v) is 7.36. The first-order valence-electron chi connectivity index (χ1n) is 4.30. The van der Waals surface area contributed by atoms with E-state index in [-0.39, 0.29) is 6.67 Å². The maximum atomic E-state index is 12.2. The Bertz CT molecular complexity index is 67.1. The van der Waals surface area contributed by atoms with Gasteiger partial charge >= 0.3 is 0 Å². The van der Waals surface area contributed by atoms with Gasteiger partial charge in [-0.05, 0) is 18.3 Å². The van der Waals surface area contributed by atoms with Crippen molar-refractivity contribution >= 4 is 0 Å². The lowest BCUT2D eigenvalue weighted by Crippen LogP contribution is -2.06. The van der Waals surface area contributed by atoms with Gasteiger partial charge in [0.2, 0.25) is 0 Å². The van der Waals surface area contributed by atoms with Gasteiger partial charge in [-0.25, -0.2) is 0 Å². The molecule has 62 valence electrons. The van der Waals surface area contributed by atoms with Crippen LogP contribution in [0, 0.1) is 11.8 Å². The molecule has 0 nitrogen and oxygen atoms in total. The van der Waals surface area contributed by atoms with Gasteiger partial charge in [0, 0.05) is 0 Å². The van der Waals surface area contributed by atoms with Crippen molar-refractivity contribution in [1.29, 1.82) is 0 Å². The second-order valence-electron chi connectivity index (χ2n) is 3.18. The summed E-state index contributed by atoms with van der Waals surface area (Å²) in [5.41, 5.74) is 0. The van der Waals surface area contributed by atoms with Crippen molar-refractivity contribution in [3.63, 3.8) is 0 Å². The van der Waals surface area contributed by atoms with E-state index in [2.05, 4.69) is 20.8 Å². The molecule has 0 saturated heterocycles. The van der Waals surface area contributed by atoms with Crippen LogP contribution in [-0.2, 0) is 0 Å². The van der Waals surface area contributed by atoms with Crippen molar-refractivity contribution in [1.82, 2.24) is 0 Å². The Hall–Kier alpha value is -0.0700. The van der Waals surface area contributed by atoms with Crippen LogP contribution in [0.15, 0.2) is 0 Å². The minimum atomic E-state index is -0.138. The van der Waals surface area contributed by atoms with E-state index in [9.17, 15) is 4.39 Å². The van der Waals surface area contributed by atoms with Gasteiger partial charge in [-0.3, -0.25) is 4.39 Å². The molecule has 0 fully saturated rings. The quantitative estimate of drug-likeness (QED) is 0.557. The van der Waals surface area contributed by atoms with Gasteiger partial charge in [-0.2, -0.15) is 0 Å². The highest BCUT2D eigenvalue weighted by molar-refractivity contribution is 4.59. The summed E-state index contributed by atoms with van der Waals surface area (Å²) >= 11 is 0. The van der Waals surface area contributed by atoms with E-state index in [1.807, 2.05) is 0 Å². The zero-order chi connectivity index (χ0) is 7.98. The van der Waals surface area contributed by atoms with Gasteiger partial charge in [0.25, 0.3) is 0 Å². The van der Waals surface area contributed by atoms with Crippen molar-refractivity contribution in [2.75, 3.05) is 6.67 Å². The summed E-state index contributed by atoms with van der Waals surface area (Å²) in [6.07, 6.45) is 3.22. The predicted octanol–water partition coefficient (Wildman–Crippen LogP) is 3.42. The molecule has 0 aliphatic rings. The Balaban J connectivity index is 3.41. The molecule has 0 radical (unpaired) electrons. The first kappa shape index (κ1) is 9.93. The minimum absolute atomic E-state index is 0.138. The van der Waals surface area contributed by atoms with Crippen molar-refractivity contribution in [2.45, 2.75) is 40.0 Å². The lowest BCUT2D eigenvalue weighted by molar-refractivity contribution is 0.294. The third-order valence-electron chi connectivity index (χ3n) is 2.23. The van der Waals surface area contributed by atoms with Crippen molar-refractivity contribution in [2.24, 2.45) is 11.8 Å². The molecule has 0 aromatic carbocycles. The predicted molar refractivity (Wildman–Crippen MR) is 43.8 cm³/mol. The molecule has 2 atom stereocenters. The van der Waals surface area contributed by atoms with Gasteiger partial charge in [-0.1, -0.05) is 33.6 Å². The molecule has 0 heterocycles. The summed E-state index contributed by atoms with van der Waals surface area (Å²) in [4.78, 5) is 0. The van der Waals surface area contributed by atoms with Gasteiger partial charge in [0.15, 0.2) is 0 Å². The highest BCUT2D eigenvalue weighted by Crippen LogP contribution is 2.17. The van der Waals surface area contributed by atoms with Crippen LogP contribution in [0.25, 0.3) is 0 Å². The lowest BCUT2D eigenvalue weighted by atomic mass is 9.93. The van der Waals surface area contributed by atoms with Crippen molar-refractivity contribution in [3.05, 3.63) is 0 Å². The Kier molecular flexibility index (Phi) is 5.66. The smallest absolute Gasteiger partial charge is 0.0922 e. The van der Waals surface area contributed by atoms with Crippen molar-refractivity contribution in [3.8, 4) is 0 Å². The molecule has 1 heteroatoms. The lowest BCUT2D eigenvalue weighted by Gasteiger charge is -2.14. The summed E-state index contributed by atoms with van der Waals surface area (Å²) < 4.78 is 12.2. The molecule has 0 aromatic rings. The maximum Gasteiger partial charge on any atom is 0.0922 e. The summed E-state index contributed by atoms with van der Waals surface area (Å²) in [5, 5.41) is 0. The molecule has 2 unspecified atom stereocenters. The molecule has 0 aliphatic carbocycles. The fourth-order valence-electron chi connectivity index (χ4n) is 1.07. The fourth-order valence-corrected chi connectivity index (χ4v) is 1.07. The van der Waals surface area contributed by atoms with Gasteiger partial charge < -0.3 is 0 Å². The van der Waals surface area contributed by atoms with E-state index in [4.69, 9.17) is 0 Å². The number of hydrogen-bond acceptors (Lipinski definition) is 0. The topological polar surface area (TPSA) is 0 Å². The minimum Gasteiger partial charge on any atom is -0.251 e. The Morgan fingerprint density at radius 2 is 1.80 bits per heavy atom. The molecule has 0 aliphatic heterocycles. The first-order valence-corrected chi connectivity index (χ1v) is 4.30. The molecule has 0 saturated carbocycles. The SMILES string of the molecule is CCC(C)CC(CC)CF. The van der Waals surface area contributed by atoms with Crippen LogP contribution in [-0.4, -0.2) is 6.67 Å². The summed E-state index contributed by atoms with van der Waals surface area (Å²) in [6.45, 7) is 6.28. The third-order valence-corrected chi connectivity index (χ3v) is 2.23. The van der Waals surface area contributed by atoms with E-state index >= 15 is 0 Å². The second-order valence-corrected chi connectivity index (χ2v) is 3.18. The van der Waals surface area contributed by atoms with E-state index in [0.29, 0.717) is 11.8 Å². The summed E-state index contributed by atoms with van der Waals surface area (Å²) in [6, 6.07) is 0. The number of halogens is 1. The molecule has 0 bridgehead atoms. The number of hydrogen-bond donors (Lipinski definition) is 0. The molecular weight excluding hydrogens is 127 g/mol. The highest BCUT2D eigenvalue weighted by atomic mass is 19.1. The molecular formula is C9H19F. The fraction of sp³-hybridized carbons (Fsp3) is 1.00. The number of alkyl halides is 1. The number of rotatable bonds is 5. The van der Waals surface area contributed by atoms with Crippen molar-refractivity contribution < 1.29 is 4.39 Å². The average Bonchev–Trinajstić information content (AvgIpc) is 1.99. The van der Waals surface area contributed by atoms with Gasteiger partial charge in [0.1, 0.15) is 0 Å². The van der Waals surface area contributed by atoms with Crippen LogP contribution < -0.4 is 0 Å². The van der Waals surface area contributed by atoms with E-state index in [0.717, 1.165) is 12.8 Å². The Morgan fingerprint density at radius 3 is 2.10 bits per heavy atom. The Labute approximate surface area is 63.8 Å². The van der Waals surface area contributed by atoms with Crippen LogP contribution in [0.4, 0.5) is 4.39 Å². The monoisotopic (exact) mass is 146 g/mol. The van der Waals surface area contributed by atoms with Crippen LogP contribution in [0.5, 0.6) is 0 Å².